The minimum atomic E-state index is -0.182. The van der Waals surface area contributed by atoms with Gasteiger partial charge in [-0.25, -0.2) is 4.39 Å². The normalized spacial score (nSPS) is 20.7. The number of nitrogens with one attached hydrogen (secondary N) is 1. The summed E-state index contributed by atoms with van der Waals surface area (Å²) in [6, 6.07) is 13.6. The molecule has 3 heteroatoms. The molecule has 0 aromatic heterocycles. The Kier molecular flexibility index (Phi) is 3.82. The standard InChI is InChI=1S/C18H20FNO/c1-12-9-14(19)7-8-17(12)20-15-10-13(11-15)16-5-3-4-6-18(16)21-2/h3-9,13,15,20H,10-11H2,1-2H3. The van der Waals surface area contributed by atoms with Gasteiger partial charge in [0, 0.05) is 11.7 Å². The number of aryl methyl sites for hydroxylation is 1. The van der Waals surface area contributed by atoms with E-state index in [4.69, 9.17) is 4.74 Å². The first kappa shape index (κ1) is 13.9. The molecule has 1 fully saturated rings. The van der Waals surface area contributed by atoms with Gasteiger partial charge in [-0.1, -0.05) is 18.2 Å². The number of rotatable bonds is 4. The number of anilines is 1. The molecule has 21 heavy (non-hydrogen) atoms. The Bertz CT molecular complexity index is 635. The third kappa shape index (κ3) is 2.87. The summed E-state index contributed by atoms with van der Waals surface area (Å²) >= 11 is 0. The third-order valence-electron chi connectivity index (χ3n) is 4.26. The van der Waals surface area contributed by atoms with Crippen molar-refractivity contribution in [2.24, 2.45) is 0 Å². The van der Waals surface area contributed by atoms with E-state index in [-0.39, 0.29) is 5.82 Å². The maximum Gasteiger partial charge on any atom is 0.123 e. The first-order valence-corrected chi connectivity index (χ1v) is 7.33. The van der Waals surface area contributed by atoms with E-state index >= 15 is 0 Å². The lowest BCUT2D eigenvalue weighted by atomic mass is 9.75. The highest BCUT2D eigenvalue weighted by atomic mass is 19.1. The molecule has 2 aromatic carbocycles. The van der Waals surface area contributed by atoms with E-state index in [2.05, 4.69) is 17.4 Å². The number of ether oxygens (including phenoxy) is 1. The van der Waals surface area contributed by atoms with Crippen LogP contribution in [0, 0.1) is 12.7 Å². The fourth-order valence-corrected chi connectivity index (χ4v) is 3.00. The zero-order valence-corrected chi connectivity index (χ0v) is 12.4. The van der Waals surface area contributed by atoms with Crippen LogP contribution >= 0.6 is 0 Å². The van der Waals surface area contributed by atoms with Gasteiger partial charge in [-0.3, -0.25) is 0 Å². The fraction of sp³-hybridized carbons (Fsp3) is 0.333. The molecule has 1 aliphatic carbocycles. The fourth-order valence-electron chi connectivity index (χ4n) is 3.00. The topological polar surface area (TPSA) is 21.3 Å². The van der Waals surface area contributed by atoms with E-state index in [0.29, 0.717) is 12.0 Å². The van der Waals surface area contributed by atoms with Crippen molar-refractivity contribution in [2.75, 3.05) is 12.4 Å². The number of para-hydroxylation sites is 1. The van der Waals surface area contributed by atoms with Crippen molar-refractivity contribution in [1.29, 1.82) is 0 Å². The summed E-state index contributed by atoms with van der Waals surface area (Å²) in [5.74, 6) is 1.33. The summed E-state index contributed by atoms with van der Waals surface area (Å²) in [4.78, 5) is 0. The Morgan fingerprint density at radius 3 is 2.62 bits per heavy atom. The maximum absolute atomic E-state index is 13.1. The minimum absolute atomic E-state index is 0.182. The molecule has 0 heterocycles. The van der Waals surface area contributed by atoms with Crippen LogP contribution in [0.2, 0.25) is 0 Å². The number of halogens is 1. The first-order chi connectivity index (χ1) is 10.2. The Morgan fingerprint density at radius 1 is 1.14 bits per heavy atom. The van der Waals surface area contributed by atoms with Crippen molar-refractivity contribution in [3.8, 4) is 5.75 Å². The van der Waals surface area contributed by atoms with Crippen LogP contribution in [0.1, 0.15) is 29.9 Å². The van der Waals surface area contributed by atoms with Crippen molar-refractivity contribution in [2.45, 2.75) is 31.7 Å². The van der Waals surface area contributed by atoms with Crippen molar-refractivity contribution < 1.29 is 9.13 Å². The van der Waals surface area contributed by atoms with E-state index in [1.807, 2.05) is 25.1 Å². The molecule has 0 radical (unpaired) electrons. The minimum Gasteiger partial charge on any atom is -0.496 e. The lowest BCUT2D eigenvalue weighted by Gasteiger charge is -2.37. The zero-order valence-electron chi connectivity index (χ0n) is 12.4. The zero-order chi connectivity index (χ0) is 14.8. The Hall–Kier alpha value is -2.03. The van der Waals surface area contributed by atoms with E-state index in [1.165, 1.54) is 11.6 Å². The van der Waals surface area contributed by atoms with Crippen LogP contribution < -0.4 is 10.1 Å². The average molecular weight is 285 g/mol. The summed E-state index contributed by atoms with van der Waals surface area (Å²) in [7, 11) is 1.72. The number of benzene rings is 2. The molecular formula is C18H20FNO. The monoisotopic (exact) mass is 285 g/mol. The van der Waals surface area contributed by atoms with Gasteiger partial charge in [-0.05, 0) is 61.1 Å². The Balaban J connectivity index is 1.63. The predicted octanol–water partition coefficient (Wildman–Crippen LogP) is 4.50. The van der Waals surface area contributed by atoms with Crippen molar-refractivity contribution >= 4 is 5.69 Å². The Labute approximate surface area is 125 Å². The summed E-state index contributed by atoms with van der Waals surface area (Å²) < 4.78 is 18.5. The predicted molar refractivity (Wildman–Crippen MR) is 83.5 cm³/mol. The lowest BCUT2D eigenvalue weighted by molar-refractivity contribution is 0.349. The van der Waals surface area contributed by atoms with Gasteiger partial charge in [0.05, 0.1) is 7.11 Å². The molecule has 1 aliphatic rings. The van der Waals surface area contributed by atoms with Crippen LogP contribution in [0.15, 0.2) is 42.5 Å². The van der Waals surface area contributed by atoms with Crippen molar-refractivity contribution in [3.63, 3.8) is 0 Å². The van der Waals surface area contributed by atoms with Crippen LogP contribution in [-0.4, -0.2) is 13.2 Å². The van der Waals surface area contributed by atoms with E-state index in [9.17, 15) is 4.39 Å². The molecule has 110 valence electrons. The molecule has 1 saturated carbocycles. The third-order valence-corrected chi connectivity index (χ3v) is 4.26. The highest BCUT2D eigenvalue weighted by Crippen LogP contribution is 2.42. The maximum atomic E-state index is 13.1. The molecule has 2 aromatic rings. The molecule has 0 spiro atoms. The molecule has 0 unspecified atom stereocenters. The molecule has 0 aliphatic heterocycles. The van der Waals surface area contributed by atoms with E-state index in [0.717, 1.165) is 29.8 Å². The van der Waals surface area contributed by atoms with Gasteiger partial charge >= 0.3 is 0 Å². The molecule has 0 saturated heterocycles. The molecule has 0 atom stereocenters. The van der Waals surface area contributed by atoms with Crippen LogP contribution in [0.3, 0.4) is 0 Å². The molecule has 3 rings (SSSR count). The van der Waals surface area contributed by atoms with Crippen molar-refractivity contribution in [3.05, 3.63) is 59.4 Å². The van der Waals surface area contributed by atoms with E-state index < -0.39 is 0 Å². The molecule has 2 nitrogen and oxygen atoms in total. The second-order valence-corrected chi connectivity index (χ2v) is 5.71. The van der Waals surface area contributed by atoms with Gasteiger partial charge in [0.25, 0.3) is 0 Å². The molecule has 0 amide bonds. The summed E-state index contributed by atoms with van der Waals surface area (Å²) in [6.07, 6.45) is 2.16. The number of hydrogen-bond acceptors (Lipinski definition) is 2. The van der Waals surface area contributed by atoms with Gasteiger partial charge in [0.2, 0.25) is 0 Å². The highest BCUT2D eigenvalue weighted by molar-refractivity contribution is 5.52. The van der Waals surface area contributed by atoms with Gasteiger partial charge in [-0.2, -0.15) is 0 Å². The quantitative estimate of drug-likeness (QED) is 0.893. The highest BCUT2D eigenvalue weighted by Gasteiger charge is 2.32. The van der Waals surface area contributed by atoms with E-state index in [1.54, 1.807) is 13.2 Å². The smallest absolute Gasteiger partial charge is 0.123 e. The van der Waals surface area contributed by atoms with Gasteiger partial charge in [-0.15, -0.1) is 0 Å². The average Bonchev–Trinajstić information content (AvgIpc) is 2.44. The molecule has 0 bridgehead atoms. The summed E-state index contributed by atoms with van der Waals surface area (Å²) in [6.45, 7) is 1.93. The summed E-state index contributed by atoms with van der Waals surface area (Å²) in [5.41, 5.74) is 3.27. The SMILES string of the molecule is COc1ccccc1C1CC(Nc2ccc(F)cc2C)C1. The lowest BCUT2D eigenvalue weighted by Crippen LogP contribution is -2.34. The largest absolute Gasteiger partial charge is 0.496 e. The van der Waals surface area contributed by atoms with Gasteiger partial charge in [0.15, 0.2) is 0 Å². The van der Waals surface area contributed by atoms with Crippen LogP contribution in [0.25, 0.3) is 0 Å². The van der Waals surface area contributed by atoms with Gasteiger partial charge < -0.3 is 10.1 Å². The molecular weight excluding hydrogens is 265 g/mol. The Morgan fingerprint density at radius 2 is 1.90 bits per heavy atom. The summed E-state index contributed by atoms with van der Waals surface area (Å²) in [5, 5.41) is 3.50. The van der Waals surface area contributed by atoms with Crippen LogP contribution in [0.5, 0.6) is 5.75 Å². The van der Waals surface area contributed by atoms with Crippen LogP contribution in [0.4, 0.5) is 10.1 Å². The number of hydrogen-bond donors (Lipinski definition) is 1. The second kappa shape index (κ2) is 5.76. The molecule has 1 N–H and O–H groups in total. The van der Waals surface area contributed by atoms with Crippen LogP contribution in [-0.2, 0) is 0 Å². The van der Waals surface area contributed by atoms with Crippen molar-refractivity contribution in [1.82, 2.24) is 0 Å². The second-order valence-electron chi connectivity index (χ2n) is 5.71. The first-order valence-electron chi connectivity index (χ1n) is 7.33. The number of methoxy groups -OCH3 is 1. The van der Waals surface area contributed by atoms with Gasteiger partial charge in [0.1, 0.15) is 11.6 Å².